The van der Waals surface area contributed by atoms with Crippen molar-refractivity contribution in [2.75, 3.05) is 0 Å². The van der Waals surface area contributed by atoms with Crippen LogP contribution in [0.5, 0.6) is 0 Å². The van der Waals surface area contributed by atoms with Gasteiger partial charge in [0.15, 0.2) is 0 Å². The average Bonchev–Trinajstić information content (AvgIpc) is 2.83. The number of carbonyl (C=O) groups is 1. The van der Waals surface area contributed by atoms with Gasteiger partial charge >= 0.3 is 5.97 Å². The molecule has 1 aliphatic carbocycles. The van der Waals surface area contributed by atoms with Crippen LogP contribution in [0.4, 0.5) is 0 Å². The number of imidazole rings is 1. The Kier molecular flexibility index (Phi) is 4.33. The molecule has 6 nitrogen and oxygen atoms in total. The lowest BCUT2D eigenvalue weighted by Gasteiger charge is -2.30. The molecule has 0 amide bonds. The van der Waals surface area contributed by atoms with Gasteiger partial charge in [-0.1, -0.05) is 12.8 Å². The molecule has 0 radical (unpaired) electrons. The first-order valence-corrected chi connectivity index (χ1v) is 6.31. The van der Waals surface area contributed by atoms with E-state index in [9.17, 15) is 15.0 Å². The van der Waals surface area contributed by atoms with Crippen molar-refractivity contribution in [3.05, 3.63) is 18.2 Å². The summed E-state index contributed by atoms with van der Waals surface area (Å²) in [6, 6.07) is -0.814. The molecule has 18 heavy (non-hydrogen) atoms. The minimum Gasteiger partial charge on any atom is -0.480 e. The van der Waals surface area contributed by atoms with Gasteiger partial charge in [0.25, 0.3) is 0 Å². The number of rotatable bonds is 5. The monoisotopic (exact) mass is 253 g/mol. The van der Waals surface area contributed by atoms with Gasteiger partial charge in [-0.05, 0) is 12.8 Å². The summed E-state index contributed by atoms with van der Waals surface area (Å²) >= 11 is 0. The topological polar surface area (TPSA) is 98.2 Å². The molecule has 1 fully saturated rings. The summed E-state index contributed by atoms with van der Waals surface area (Å²) in [5.74, 6) is -0.901. The van der Waals surface area contributed by atoms with Gasteiger partial charge in [-0.15, -0.1) is 0 Å². The number of carboxylic acids is 1. The standard InChI is InChI=1S/C12H19N3O3/c16-11-4-2-1-3-9(11)15-10(12(17)18)5-8-6-13-7-14-8/h6-7,9-11,15-16H,1-5H2,(H,13,14)(H,17,18)/t9-,10?,11-/m0/s1. The highest BCUT2D eigenvalue weighted by Gasteiger charge is 2.28. The number of aromatic amines is 1. The number of hydrogen-bond donors (Lipinski definition) is 4. The van der Waals surface area contributed by atoms with Gasteiger partial charge in [0.1, 0.15) is 6.04 Å². The molecule has 0 saturated heterocycles. The molecule has 1 heterocycles. The Labute approximate surface area is 105 Å². The van der Waals surface area contributed by atoms with E-state index in [1.54, 1.807) is 6.20 Å². The Morgan fingerprint density at radius 3 is 2.94 bits per heavy atom. The van der Waals surface area contributed by atoms with Crippen LogP contribution in [0.1, 0.15) is 31.4 Å². The van der Waals surface area contributed by atoms with Gasteiger partial charge in [0, 0.05) is 24.4 Å². The first kappa shape index (κ1) is 13.0. The third-order valence-corrected chi connectivity index (χ3v) is 3.42. The van der Waals surface area contributed by atoms with Gasteiger partial charge in [0.2, 0.25) is 0 Å². The number of nitrogens with zero attached hydrogens (tertiary/aromatic N) is 1. The van der Waals surface area contributed by atoms with E-state index < -0.39 is 18.1 Å². The average molecular weight is 253 g/mol. The fraction of sp³-hybridized carbons (Fsp3) is 0.667. The van der Waals surface area contributed by atoms with E-state index in [0.29, 0.717) is 6.42 Å². The van der Waals surface area contributed by atoms with E-state index in [-0.39, 0.29) is 6.04 Å². The smallest absolute Gasteiger partial charge is 0.321 e. The maximum atomic E-state index is 11.2. The zero-order valence-corrected chi connectivity index (χ0v) is 10.2. The molecule has 0 spiro atoms. The second-order valence-corrected chi connectivity index (χ2v) is 4.80. The molecule has 1 aliphatic rings. The largest absolute Gasteiger partial charge is 0.480 e. The normalized spacial score (nSPS) is 25.8. The van der Waals surface area contributed by atoms with Crippen LogP contribution >= 0.6 is 0 Å². The summed E-state index contributed by atoms with van der Waals surface area (Å²) in [4.78, 5) is 18.0. The van der Waals surface area contributed by atoms with E-state index in [0.717, 1.165) is 31.4 Å². The van der Waals surface area contributed by atoms with Crippen molar-refractivity contribution >= 4 is 5.97 Å². The molecule has 1 saturated carbocycles. The predicted molar refractivity (Wildman–Crippen MR) is 65.1 cm³/mol. The molecular weight excluding hydrogens is 234 g/mol. The van der Waals surface area contributed by atoms with Crippen LogP contribution in [0.15, 0.2) is 12.5 Å². The number of H-pyrrole nitrogens is 1. The van der Waals surface area contributed by atoms with Crippen molar-refractivity contribution in [3.63, 3.8) is 0 Å². The summed E-state index contributed by atoms with van der Waals surface area (Å²) < 4.78 is 0. The van der Waals surface area contributed by atoms with Crippen molar-refractivity contribution in [2.24, 2.45) is 0 Å². The second-order valence-electron chi connectivity index (χ2n) is 4.80. The van der Waals surface area contributed by atoms with Crippen molar-refractivity contribution in [2.45, 2.75) is 50.3 Å². The van der Waals surface area contributed by atoms with Crippen LogP contribution in [0.2, 0.25) is 0 Å². The molecule has 1 aromatic heterocycles. The molecule has 1 aromatic rings. The molecule has 6 heteroatoms. The number of carboxylic acid groups (broad SMARTS) is 1. The Bertz CT molecular complexity index is 380. The van der Waals surface area contributed by atoms with Crippen LogP contribution in [0.25, 0.3) is 0 Å². The maximum absolute atomic E-state index is 11.2. The molecule has 1 unspecified atom stereocenters. The predicted octanol–water partition coefficient (Wildman–Crippen LogP) is 0.298. The molecule has 2 rings (SSSR count). The second kappa shape index (κ2) is 5.97. The summed E-state index contributed by atoms with van der Waals surface area (Å²) in [5.41, 5.74) is 0.778. The third-order valence-electron chi connectivity index (χ3n) is 3.42. The third kappa shape index (κ3) is 3.30. The summed E-state index contributed by atoms with van der Waals surface area (Å²) in [6.07, 6.45) is 6.67. The van der Waals surface area contributed by atoms with Crippen LogP contribution in [0, 0.1) is 0 Å². The lowest BCUT2D eigenvalue weighted by Crippen LogP contribution is -2.50. The Morgan fingerprint density at radius 2 is 2.33 bits per heavy atom. The maximum Gasteiger partial charge on any atom is 0.321 e. The number of aromatic nitrogens is 2. The molecule has 0 aromatic carbocycles. The van der Waals surface area contributed by atoms with Crippen molar-refractivity contribution in [3.8, 4) is 0 Å². The SMILES string of the molecule is O=C(O)C(Cc1cnc[nH]1)N[C@H]1CCCC[C@@H]1O. The zero-order valence-electron chi connectivity index (χ0n) is 10.2. The van der Waals surface area contributed by atoms with Crippen LogP contribution < -0.4 is 5.32 Å². The summed E-state index contributed by atoms with van der Waals surface area (Å²) in [7, 11) is 0. The van der Waals surface area contributed by atoms with Crippen LogP contribution in [-0.2, 0) is 11.2 Å². The quantitative estimate of drug-likeness (QED) is 0.605. The van der Waals surface area contributed by atoms with Crippen molar-refractivity contribution in [1.82, 2.24) is 15.3 Å². The van der Waals surface area contributed by atoms with E-state index >= 15 is 0 Å². The Morgan fingerprint density at radius 1 is 1.56 bits per heavy atom. The van der Waals surface area contributed by atoms with E-state index in [2.05, 4.69) is 15.3 Å². The first-order chi connectivity index (χ1) is 8.66. The summed E-state index contributed by atoms with van der Waals surface area (Å²) in [5, 5.41) is 22.1. The number of aliphatic hydroxyl groups is 1. The zero-order chi connectivity index (χ0) is 13.0. The first-order valence-electron chi connectivity index (χ1n) is 6.31. The fourth-order valence-corrected chi connectivity index (χ4v) is 2.40. The molecule has 0 aliphatic heterocycles. The highest BCUT2D eigenvalue weighted by Crippen LogP contribution is 2.19. The van der Waals surface area contributed by atoms with Gasteiger partial charge in [-0.2, -0.15) is 0 Å². The van der Waals surface area contributed by atoms with Gasteiger partial charge in [-0.3, -0.25) is 10.1 Å². The molecule has 100 valence electrons. The van der Waals surface area contributed by atoms with Crippen molar-refractivity contribution in [1.29, 1.82) is 0 Å². The minimum atomic E-state index is -0.901. The number of aliphatic hydroxyl groups excluding tert-OH is 1. The van der Waals surface area contributed by atoms with Gasteiger partial charge in [-0.25, -0.2) is 4.98 Å². The number of nitrogens with one attached hydrogen (secondary N) is 2. The van der Waals surface area contributed by atoms with E-state index in [1.807, 2.05) is 0 Å². The van der Waals surface area contributed by atoms with Gasteiger partial charge in [0.05, 0.1) is 12.4 Å². The fourth-order valence-electron chi connectivity index (χ4n) is 2.40. The lowest BCUT2D eigenvalue weighted by molar-refractivity contribution is -0.140. The molecule has 0 bridgehead atoms. The number of aliphatic carboxylic acids is 1. The molecule has 3 atom stereocenters. The van der Waals surface area contributed by atoms with E-state index in [1.165, 1.54) is 6.33 Å². The highest BCUT2D eigenvalue weighted by molar-refractivity contribution is 5.73. The minimum absolute atomic E-state index is 0.122. The molecular formula is C12H19N3O3. The van der Waals surface area contributed by atoms with Crippen LogP contribution in [0.3, 0.4) is 0 Å². The van der Waals surface area contributed by atoms with Crippen LogP contribution in [-0.4, -0.2) is 44.3 Å². The summed E-state index contributed by atoms with van der Waals surface area (Å²) in [6.45, 7) is 0. The van der Waals surface area contributed by atoms with Crippen molar-refractivity contribution < 1.29 is 15.0 Å². The lowest BCUT2D eigenvalue weighted by atomic mass is 9.91. The molecule has 4 N–H and O–H groups in total. The van der Waals surface area contributed by atoms with Gasteiger partial charge < -0.3 is 15.2 Å². The highest BCUT2D eigenvalue weighted by atomic mass is 16.4. The van der Waals surface area contributed by atoms with E-state index in [4.69, 9.17) is 0 Å². The Balaban J connectivity index is 1.95. The number of hydrogen-bond acceptors (Lipinski definition) is 4. The Hall–Kier alpha value is -1.40.